The highest BCUT2D eigenvalue weighted by Gasteiger charge is 2.11. The molecule has 2 aromatic rings. The van der Waals surface area contributed by atoms with E-state index in [1.54, 1.807) is 42.5 Å². The third-order valence-electron chi connectivity index (χ3n) is 3.13. The Bertz CT molecular complexity index is 780. The fourth-order valence-electron chi connectivity index (χ4n) is 2.00. The van der Waals surface area contributed by atoms with Crippen molar-refractivity contribution in [2.45, 2.75) is 13.3 Å². The molecule has 0 unspecified atom stereocenters. The van der Waals surface area contributed by atoms with Crippen LogP contribution in [0.4, 0.5) is 5.69 Å². The SMILES string of the molecule is CCCOc1ccc(Cl)cc1/C=C(\C#N)C(=O)Nc1ccccc1. The maximum Gasteiger partial charge on any atom is 0.266 e. The molecule has 0 radical (unpaired) electrons. The van der Waals surface area contributed by atoms with E-state index in [0.717, 1.165) is 6.42 Å². The van der Waals surface area contributed by atoms with Gasteiger partial charge in [0.1, 0.15) is 17.4 Å². The molecule has 0 aliphatic heterocycles. The molecule has 24 heavy (non-hydrogen) atoms. The summed E-state index contributed by atoms with van der Waals surface area (Å²) in [5.74, 6) is 0.103. The summed E-state index contributed by atoms with van der Waals surface area (Å²) in [6.07, 6.45) is 2.33. The molecule has 2 rings (SSSR count). The highest BCUT2D eigenvalue weighted by molar-refractivity contribution is 6.30. The molecule has 2 aromatic carbocycles. The van der Waals surface area contributed by atoms with Gasteiger partial charge in [-0.25, -0.2) is 0 Å². The first-order chi connectivity index (χ1) is 11.6. The van der Waals surface area contributed by atoms with Crippen LogP contribution >= 0.6 is 11.6 Å². The van der Waals surface area contributed by atoms with E-state index in [1.165, 1.54) is 6.08 Å². The highest BCUT2D eigenvalue weighted by Crippen LogP contribution is 2.25. The predicted octanol–water partition coefficient (Wildman–Crippen LogP) is 4.67. The van der Waals surface area contributed by atoms with Crippen LogP contribution in [-0.4, -0.2) is 12.5 Å². The molecule has 0 heterocycles. The van der Waals surface area contributed by atoms with Crippen LogP contribution in [0.15, 0.2) is 54.1 Å². The van der Waals surface area contributed by atoms with Gasteiger partial charge in [0.25, 0.3) is 5.91 Å². The Kier molecular flexibility index (Phi) is 6.41. The monoisotopic (exact) mass is 340 g/mol. The summed E-state index contributed by atoms with van der Waals surface area (Å²) in [5.41, 5.74) is 1.19. The first-order valence-electron chi connectivity index (χ1n) is 7.54. The second kappa shape index (κ2) is 8.76. The number of benzene rings is 2. The van der Waals surface area contributed by atoms with Gasteiger partial charge in [-0.2, -0.15) is 5.26 Å². The number of hydrogen-bond donors (Lipinski definition) is 1. The van der Waals surface area contributed by atoms with Gasteiger partial charge < -0.3 is 10.1 Å². The Morgan fingerprint density at radius 3 is 2.71 bits per heavy atom. The molecule has 0 fully saturated rings. The van der Waals surface area contributed by atoms with Gasteiger partial charge in [0.15, 0.2) is 0 Å². The standard InChI is InChI=1S/C19H17ClN2O2/c1-2-10-24-18-9-8-16(20)12-14(18)11-15(13-21)19(23)22-17-6-4-3-5-7-17/h3-9,11-12H,2,10H2,1H3,(H,22,23)/b15-11+. The van der Waals surface area contributed by atoms with Crippen molar-refractivity contribution in [3.05, 3.63) is 64.7 Å². The molecule has 1 amide bonds. The van der Waals surface area contributed by atoms with E-state index >= 15 is 0 Å². The van der Waals surface area contributed by atoms with Crippen LogP contribution in [0.5, 0.6) is 5.75 Å². The van der Waals surface area contributed by atoms with Crippen LogP contribution in [0.2, 0.25) is 5.02 Å². The number of rotatable bonds is 6. The van der Waals surface area contributed by atoms with Crippen molar-refractivity contribution in [2.24, 2.45) is 0 Å². The highest BCUT2D eigenvalue weighted by atomic mass is 35.5. The van der Waals surface area contributed by atoms with Crippen molar-refractivity contribution in [1.82, 2.24) is 0 Å². The van der Waals surface area contributed by atoms with E-state index in [2.05, 4.69) is 5.32 Å². The van der Waals surface area contributed by atoms with Gasteiger partial charge in [-0.05, 0) is 42.8 Å². The Labute approximate surface area is 146 Å². The lowest BCUT2D eigenvalue weighted by Crippen LogP contribution is -2.13. The van der Waals surface area contributed by atoms with Crippen molar-refractivity contribution in [3.63, 3.8) is 0 Å². The number of para-hydroxylation sites is 1. The van der Waals surface area contributed by atoms with Gasteiger partial charge >= 0.3 is 0 Å². The molecule has 5 heteroatoms. The second-order valence-corrected chi connectivity index (χ2v) is 5.46. The van der Waals surface area contributed by atoms with Crippen molar-refractivity contribution in [3.8, 4) is 11.8 Å². The predicted molar refractivity (Wildman–Crippen MR) is 95.9 cm³/mol. The summed E-state index contributed by atoms with van der Waals surface area (Å²) in [5, 5.41) is 12.5. The fourth-order valence-corrected chi connectivity index (χ4v) is 2.18. The molecule has 0 bridgehead atoms. The Balaban J connectivity index is 2.28. The molecular formula is C19H17ClN2O2. The average molecular weight is 341 g/mol. The molecule has 0 saturated carbocycles. The molecule has 4 nitrogen and oxygen atoms in total. The fraction of sp³-hybridized carbons (Fsp3) is 0.158. The third kappa shape index (κ3) is 4.87. The summed E-state index contributed by atoms with van der Waals surface area (Å²) < 4.78 is 5.64. The minimum Gasteiger partial charge on any atom is -0.493 e. The van der Waals surface area contributed by atoms with Crippen LogP contribution in [0.3, 0.4) is 0 Å². The number of nitrogens with one attached hydrogen (secondary N) is 1. The molecule has 0 spiro atoms. The molecule has 0 atom stereocenters. The molecule has 1 N–H and O–H groups in total. The van der Waals surface area contributed by atoms with E-state index in [1.807, 2.05) is 19.1 Å². The number of nitriles is 1. The first kappa shape index (κ1) is 17.6. The van der Waals surface area contributed by atoms with Crippen LogP contribution in [0.1, 0.15) is 18.9 Å². The van der Waals surface area contributed by atoms with Crippen molar-refractivity contribution < 1.29 is 9.53 Å². The zero-order valence-corrected chi connectivity index (χ0v) is 14.0. The zero-order valence-electron chi connectivity index (χ0n) is 13.3. The molecule has 122 valence electrons. The van der Waals surface area contributed by atoms with Gasteiger partial charge in [-0.15, -0.1) is 0 Å². The van der Waals surface area contributed by atoms with E-state index in [-0.39, 0.29) is 5.57 Å². The number of anilines is 1. The number of carbonyl (C=O) groups excluding carboxylic acids is 1. The summed E-state index contributed by atoms with van der Waals surface area (Å²) in [6.45, 7) is 2.54. The summed E-state index contributed by atoms with van der Waals surface area (Å²) in [6, 6.07) is 16.0. The van der Waals surface area contributed by atoms with Gasteiger partial charge in [0.2, 0.25) is 0 Å². The van der Waals surface area contributed by atoms with Crippen LogP contribution < -0.4 is 10.1 Å². The quantitative estimate of drug-likeness (QED) is 0.613. The van der Waals surface area contributed by atoms with E-state index in [9.17, 15) is 10.1 Å². The summed E-state index contributed by atoms with van der Waals surface area (Å²) >= 11 is 6.02. The lowest BCUT2D eigenvalue weighted by molar-refractivity contribution is -0.112. The normalized spacial score (nSPS) is 10.8. The maximum absolute atomic E-state index is 12.3. The molecule has 0 aromatic heterocycles. The number of hydrogen-bond acceptors (Lipinski definition) is 3. The van der Waals surface area contributed by atoms with Gasteiger partial charge in [-0.3, -0.25) is 4.79 Å². The van der Waals surface area contributed by atoms with Crippen LogP contribution in [0.25, 0.3) is 6.08 Å². The topological polar surface area (TPSA) is 62.1 Å². The number of amides is 1. The van der Waals surface area contributed by atoms with Gasteiger partial charge in [-0.1, -0.05) is 36.7 Å². The number of carbonyl (C=O) groups is 1. The molecule has 0 aliphatic carbocycles. The average Bonchev–Trinajstić information content (AvgIpc) is 2.59. The minimum absolute atomic E-state index is 0.0255. The van der Waals surface area contributed by atoms with Crippen molar-refractivity contribution >= 4 is 29.3 Å². The van der Waals surface area contributed by atoms with E-state index < -0.39 is 5.91 Å². The molecule has 0 saturated heterocycles. The van der Waals surface area contributed by atoms with Crippen molar-refractivity contribution in [2.75, 3.05) is 11.9 Å². The smallest absolute Gasteiger partial charge is 0.266 e. The van der Waals surface area contributed by atoms with E-state index in [4.69, 9.17) is 16.3 Å². The Morgan fingerprint density at radius 2 is 2.04 bits per heavy atom. The van der Waals surface area contributed by atoms with Crippen LogP contribution in [0, 0.1) is 11.3 Å². The Hall–Kier alpha value is -2.77. The van der Waals surface area contributed by atoms with Gasteiger partial charge in [0.05, 0.1) is 6.61 Å². The summed E-state index contributed by atoms with van der Waals surface area (Å²) in [7, 11) is 0. The maximum atomic E-state index is 12.3. The number of nitrogens with zero attached hydrogens (tertiary/aromatic N) is 1. The number of halogens is 1. The molecular weight excluding hydrogens is 324 g/mol. The second-order valence-electron chi connectivity index (χ2n) is 5.02. The van der Waals surface area contributed by atoms with E-state index in [0.29, 0.717) is 28.6 Å². The minimum atomic E-state index is -0.481. The van der Waals surface area contributed by atoms with Crippen molar-refractivity contribution in [1.29, 1.82) is 5.26 Å². The van der Waals surface area contributed by atoms with Crippen LogP contribution in [-0.2, 0) is 4.79 Å². The number of ether oxygens (including phenoxy) is 1. The molecule has 0 aliphatic rings. The Morgan fingerprint density at radius 1 is 1.29 bits per heavy atom. The largest absolute Gasteiger partial charge is 0.493 e. The lowest BCUT2D eigenvalue weighted by Gasteiger charge is -2.09. The first-order valence-corrected chi connectivity index (χ1v) is 7.92. The van der Waals surface area contributed by atoms with Gasteiger partial charge in [0, 0.05) is 16.3 Å². The zero-order chi connectivity index (χ0) is 17.4. The lowest BCUT2D eigenvalue weighted by atomic mass is 10.1. The summed E-state index contributed by atoms with van der Waals surface area (Å²) in [4.78, 5) is 12.3. The third-order valence-corrected chi connectivity index (χ3v) is 3.37.